The van der Waals surface area contributed by atoms with Gasteiger partial charge in [0.05, 0.1) is 6.61 Å². The lowest BCUT2D eigenvalue weighted by atomic mass is 10.1. The molecule has 1 rings (SSSR count). The van der Waals surface area contributed by atoms with Gasteiger partial charge in [-0.25, -0.2) is 0 Å². The van der Waals surface area contributed by atoms with E-state index in [1.54, 1.807) is 0 Å². The van der Waals surface area contributed by atoms with Crippen LogP contribution in [-0.4, -0.2) is 31.4 Å². The molecule has 0 atom stereocenters. The van der Waals surface area contributed by atoms with Gasteiger partial charge in [-0.15, -0.1) is 0 Å². The van der Waals surface area contributed by atoms with Gasteiger partial charge in [-0.3, -0.25) is 14.4 Å². The molecule has 6 heteroatoms. The molecule has 0 spiro atoms. The fourth-order valence-electron chi connectivity index (χ4n) is 2.03. The van der Waals surface area contributed by atoms with Crippen LogP contribution in [0.4, 0.5) is 0 Å². The van der Waals surface area contributed by atoms with Crippen molar-refractivity contribution in [2.45, 2.75) is 65.7 Å². The number of unbranched alkanes of at least 4 members (excludes halogenated alkanes) is 4. The first-order valence-corrected chi connectivity index (χ1v) is 9.60. The van der Waals surface area contributed by atoms with Crippen LogP contribution in [0.2, 0.25) is 0 Å². The summed E-state index contributed by atoms with van der Waals surface area (Å²) in [4.78, 5) is 30.0. The Kier molecular flexibility index (Phi) is 21.6. The lowest BCUT2D eigenvalue weighted by molar-refractivity contribution is -0.143. The zero-order valence-corrected chi connectivity index (χ0v) is 17.0. The van der Waals surface area contributed by atoms with Gasteiger partial charge >= 0.3 is 5.97 Å². The van der Waals surface area contributed by atoms with Gasteiger partial charge in [0.15, 0.2) is 0 Å². The lowest BCUT2D eigenvalue weighted by Gasteiger charge is -2.00. The molecule has 3 N–H and O–H groups in total. The molecule has 0 saturated carbocycles. The summed E-state index contributed by atoms with van der Waals surface area (Å²) < 4.78 is 4.81. The highest BCUT2D eigenvalue weighted by molar-refractivity contribution is 5.70. The molecule has 154 valence electrons. The average molecular weight is 381 g/mol. The number of esters is 1. The zero-order chi connectivity index (χ0) is 20.8. The van der Waals surface area contributed by atoms with Gasteiger partial charge < -0.3 is 15.8 Å². The number of carbonyl (C=O) groups is 3. The van der Waals surface area contributed by atoms with Crippen molar-refractivity contribution in [3.8, 4) is 0 Å². The summed E-state index contributed by atoms with van der Waals surface area (Å²) in [6.07, 6.45) is 8.14. The second kappa shape index (κ2) is 21.7. The van der Waals surface area contributed by atoms with Crippen molar-refractivity contribution in [1.29, 1.82) is 0 Å². The van der Waals surface area contributed by atoms with Crippen LogP contribution in [0.15, 0.2) is 30.3 Å². The largest absolute Gasteiger partial charge is 0.466 e. The summed E-state index contributed by atoms with van der Waals surface area (Å²) in [5.41, 5.74) is 5.72. The van der Waals surface area contributed by atoms with Gasteiger partial charge in [-0.05, 0) is 25.3 Å². The van der Waals surface area contributed by atoms with Gasteiger partial charge in [-0.2, -0.15) is 0 Å². The maximum Gasteiger partial charge on any atom is 0.305 e. The third-order valence-corrected chi connectivity index (χ3v) is 3.27. The van der Waals surface area contributed by atoms with Gasteiger partial charge in [0, 0.05) is 19.9 Å². The lowest BCUT2D eigenvalue weighted by Crippen LogP contribution is -2.14. The van der Waals surface area contributed by atoms with Crippen LogP contribution in [-0.2, 0) is 25.5 Å². The van der Waals surface area contributed by atoms with Gasteiger partial charge in [0.2, 0.25) is 12.3 Å². The first kappa shape index (κ1) is 26.9. The Bertz CT molecular complexity index is 474. The summed E-state index contributed by atoms with van der Waals surface area (Å²) in [7, 11) is 0. The maximum absolute atomic E-state index is 10.9. The van der Waals surface area contributed by atoms with E-state index in [-0.39, 0.29) is 11.9 Å². The predicted octanol–water partition coefficient (Wildman–Crippen LogP) is 3.38. The number of hydrogen-bond acceptors (Lipinski definition) is 4. The summed E-state index contributed by atoms with van der Waals surface area (Å²) >= 11 is 0. The molecule has 6 nitrogen and oxygen atoms in total. The molecule has 0 aliphatic carbocycles. The van der Waals surface area contributed by atoms with Crippen molar-refractivity contribution in [2.24, 2.45) is 5.73 Å². The molecule has 0 aromatic heterocycles. The summed E-state index contributed by atoms with van der Waals surface area (Å²) in [6.45, 7) is 6.56. The van der Waals surface area contributed by atoms with Crippen LogP contribution in [0.1, 0.15) is 64.9 Å². The monoisotopic (exact) mass is 380 g/mol. The van der Waals surface area contributed by atoms with E-state index in [0.717, 1.165) is 25.7 Å². The molecular weight excluding hydrogens is 344 g/mol. The van der Waals surface area contributed by atoms with Crippen LogP contribution in [0, 0.1) is 0 Å². The van der Waals surface area contributed by atoms with E-state index in [2.05, 4.69) is 18.0 Å². The van der Waals surface area contributed by atoms with E-state index < -0.39 is 0 Å². The Morgan fingerprint density at radius 1 is 1.07 bits per heavy atom. The number of hydrogen-bond donors (Lipinski definition) is 2. The molecule has 2 amide bonds. The fourth-order valence-corrected chi connectivity index (χ4v) is 2.03. The first-order valence-electron chi connectivity index (χ1n) is 9.60. The number of primary amides is 1. The van der Waals surface area contributed by atoms with Crippen molar-refractivity contribution in [3.05, 3.63) is 35.9 Å². The van der Waals surface area contributed by atoms with E-state index in [1.807, 2.05) is 37.3 Å². The topological polar surface area (TPSA) is 98.5 Å². The van der Waals surface area contributed by atoms with Gasteiger partial charge in [0.1, 0.15) is 0 Å². The number of ether oxygens (including phenoxy) is 1. The van der Waals surface area contributed by atoms with Crippen LogP contribution >= 0.6 is 0 Å². The van der Waals surface area contributed by atoms with Crippen molar-refractivity contribution >= 4 is 18.3 Å². The number of amides is 2. The smallest absolute Gasteiger partial charge is 0.305 e. The Labute approximate surface area is 163 Å². The minimum absolute atomic E-state index is 0.0472. The van der Waals surface area contributed by atoms with Crippen molar-refractivity contribution < 1.29 is 19.1 Å². The minimum Gasteiger partial charge on any atom is -0.466 e. The van der Waals surface area contributed by atoms with E-state index >= 15 is 0 Å². The number of rotatable bonds is 11. The molecule has 0 aliphatic rings. The van der Waals surface area contributed by atoms with Crippen LogP contribution in [0.25, 0.3) is 0 Å². The summed E-state index contributed by atoms with van der Waals surface area (Å²) in [5.74, 6) is -0.381. The molecule has 0 radical (unpaired) electrons. The second-order valence-corrected chi connectivity index (χ2v) is 5.89. The molecular formula is C21H36N2O4. The van der Waals surface area contributed by atoms with E-state index in [4.69, 9.17) is 4.74 Å². The molecule has 0 heterocycles. The molecule has 1 aromatic carbocycles. The van der Waals surface area contributed by atoms with Gasteiger partial charge in [0.25, 0.3) is 0 Å². The number of nitrogens with two attached hydrogens (primary N) is 1. The molecule has 0 aliphatic heterocycles. The second-order valence-electron chi connectivity index (χ2n) is 5.89. The Morgan fingerprint density at radius 2 is 1.67 bits per heavy atom. The molecule has 0 bridgehead atoms. The van der Waals surface area contributed by atoms with Gasteiger partial charge in [-0.1, -0.05) is 62.9 Å². The van der Waals surface area contributed by atoms with Crippen LogP contribution in [0.5, 0.6) is 0 Å². The summed E-state index contributed by atoms with van der Waals surface area (Å²) in [5, 5.41) is 2.62. The number of benzene rings is 1. The van der Waals surface area contributed by atoms with E-state index in [9.17, 15) is 14.4 Å². The van der Waals surface area contributed by atoms with E-state index in [1.165, 1.54) is 31.7 Å². The molecule has 1 aromatic rings. The van der Waals surface area contributed by atoms with Crippen molar-refractivity contribution in [2.75, 3.05) is 13.2 Å². The van der Waals surface area contributed by atoms with E-state index in [0.29, 0.717) is 19.6 Å². The maximum atomic E-state index is 10.9. The number of nitrogens with one attached hydrogen (secondary N) is 1. The average Bonchev–Trinajstić information content (AvgIpc) is 2.63. The number of carbonyl (C=O) groups excluding carboxylic acids is 3. The Morgan fingerprint density at radius 3 is 2.19 bits per heavy atom. The third kappa shape index (κ3) is 26.0. The van der Waals surface area contributed by atoms with Crippen molar-refractivity contribution in [1.82, 2.24) is 5.32 Å². The summed E-state index contributed by atoms with van der Waals surface area (Å²) in [6, 6.07) is 10.1. The molecule has 27 heavy (non-hydrogen) atoms. The molecule has 0 saturated heterocycles. The third-order valence-electron chi connectivity index (χ3n) is 3.27. The Hall–Kier alpha value is -2.37. The zero-order valence-electron chi connectivity index (χ0n) is 17.0. The molecule has 0 fully saturated rings. The highest BCUT2D eigenvalue weighted by Gasteiger charge is 1.99. The first-order chi connectivity index (χ1) is 13.0. The normalized spacial score (nSPS) is 9.00. The highest BCUT2D eigenvalue weighted by atomic mass is 16.5. The SMILES string of the molecule is CC(N)=O.CCCCCCCC(=O)OCC.O=CNCCc1ccccc1. The van der Waals surface area contributed by atoms with Crippen LogP contribution in [0.3, 0.4) is 0 Å². The minimum atomic E-state index is -0.333. The standard InChI is InChI=1S/C10H20O2.C9H11NO.C2H5NO/c1-3-5-6-7-8-9-10(11)12-4-2;11-8-10-7-6-9-4-2-1-3-5-9;1-2(3)4/h3-9H2,1-2H3;1-5,8H,6-7H2,(H,10,11);1H3,(H2,3,4). The Balaban J connectivity index is 0. The highest BCUT2D eigenvalue weighted by Crippen LogP contribution is 2.05. The fraction of sp³-hybridized carbons (Fsp3) is 0.571. The van der Waals surface area contributed by atoms with Crippen molar-refractivity contribution in [3.63, 3.8) is 0 Å². The molecule has 0 unspecified atom stereocenters. The quantitative estimate of drug-likeness (QED) is 0.349. The van der Waals surface area contributed by atoms with Crippen LogP contribution < -0.4 is 11.1 Å². The predicted molar refractivity (Wildman–Crippen MR) is 109 cm³/mol.